The molecule has 1 unspecified atom stereocenters. The van der Waals surface area contributed by atoms with Gasteiger partial charge in [-0.05, 0) is 26.9 Å². The van der Waals surface area contributed by atoms with Crippen LogP contribution in [0, 0.1) is 0 Å². The van der Waals surface area contributed by atoms with Crippen molar-refractivity contribution in [1.29, 1.82) is 0 Å². The van der Waals surface area contributed by atoms with E-state index >= 15 is 0 Å². The average molecular weight is 172 g/mol. The molecule has 0 saturated carbocycles. The van der Waals surface area contributed by atoms with Gasteiger partial charge in [-0.3, -0.25) is 0 Å². The number of nitrogens with one attached hydrogen (secondary N) is 1. The van der Waals surface area contributed by atoms with E-state index < -0.39 is 0 Å². The van der Waals surface area contributed by atoms with Crippen molar-refractivity contribution in [3.63, 3.8) is 0 Å². The summed E-state index contributed by atoms with van der Waals surface area (Å²) in [5, 5.41) is 3.51. The maximum Gasteiger partial charge on any atom is 0.0104 e. The minimum Gasteiger partial charge on any atom is -0.313 e. The number of hydrogen-bond acceptors (Lipinski definition) is 2. The summed E-state index contributed by atoms with van der Waals surface area (Å²) < 4.78 is 0. The van der Waals surface area contributed by atoms with Gasteiger partial charge in [-0.15, -0.1) is 0 Å². The fourth-order valence-electron chi connectivity index (χ4n) is 1.19. The van der Waals surface area contributed by atoms with E-state index in [0.717, 1.165) is 19.6 Å². The van der Waals surface area contributed by atoms with Crippen LogP contribution in [0.5, 0.6) is 0 Å². The lowest BCUT2D eigenvalue weighted by Crippen LogP contribution is -2.34. The average Bonchev–Trinajstić information content (AvgIpc) is 2.04. The Morgan fingerprint density at radius 2 is 2.00 bits per heavy atom. The Labute approximate surface area is 77.3 Å². The first-order chi connectivity index (χ1) is 5.70. The van der Waals surface area contributed by atoms with Gasteiger partial charge in [0.25, 0.3) is 0 Å². The van der Waals surface area contributed by atoms with Crippen molar-refractivity contribution < 1.29 is 0 Å². The largest absolute Gasteiger partial charge is 0.313 e. The standard InChI is InChI=1S/C10H24N2/c1-5-7-10(3)11-8-9-12(4)6-2/h10-11H,5-9H2,1-4H3. The Balaban J connectivity index is 3.18. The minimum atomic E-state index is 0.681. The van der Waals surface area contributed by atoms with E-state index in [2.05, 4.69) is 38.0 Å². The SMILES string of the molecule is CCCC(C)NCCN(C)CC. The summed E-state index contributed by atoms with van der Waals surface area (Å²) in [5.41, 5.74) is 0. The van der Waals surface area contributed by atoms with Gasteiger partial charge >= 0.3 is 0 Å². The first-order valence-electron chi connectivity index (χ1n) is 5.12. The molecule has 1 atom stereocenters. The molecule has 0 aliphatic heterocycles. The highest BCUT2D eigenvalue weighted by Crippen LogP contribution is 1.93. The van der Waals surface area contributed by atoms with Crippen LogP contribution in [0.4, 0.5) is 0 Å². The van der Waals surface area contributed by atoms with Crippen LogP contribution in [0.1, 0.15) is 33.6 Å². The molecule has 0 bridgehead atoms. The van der Waals surface area contributed by atoms with Gasteiger partial charge in [-0.2, -0.15) is 0 Å². The topological polar surface area (TPSA) is 15.3 Å². The van der Waals surface area contributed by atoms with Crippen molar-refractivity contribution in [1.82, 2.24) is 10.2 Å². The summed E-state index contributed by atoms with van der Waals surface area (Å²) >= 11 is 0. The summed E-state index contributed by atoms with van der Waals surface area (Å²) in [6.45, 7) is 10.1. The highest BCUT2D eigenvalue weighted by molar-refractivity contribution is 4.60. The molecule has 0 aromatic rings. The van der Waals surface area contributed by atoms with Crippen LogP contribution in [0.25, 0.3) is 0 Å². The third-order valence-electron chi connectivity index (χ3n) is 2.25. The monoisotopic (exact) mass is 172 g/mol. The Kier molecular flexibility index (Phi) is 7.51. The Morgan fingerprint density at radius 3 is 2.50 bits per heavy atom. The van der Waals surface area contributed by atoms with Crippen molar-refractivity contribution in [3.05, 3.63) is 0 Å². The predicted octanol–water partition coefficient (Wildman–Crippen LogP) is 1.72. The lowest BCUT2D eigenvalue weighted by molar-refractivity contribution is 0.339. The lowest BCUT2D eigenvalue weighted by Gasteiger charge is -2.17. The van der Waals surface area contributed by atoms with E-state index in [1.807, 2.05) is 0 Å². The summed E-state index contributed by atoms with van der Waals surface area (Å²) in [5.74, 6) is 0. The second kappa shape index (κ2) is 7.56. The second-order valence-corrected chi connectivity index (χ2v) is 3.54. The number of nitrogens with zero attached hydrogens (tertiary/aromatic N) is 1. The Morgan fingerprint density at radius 1 is 1.33 bits per heavy atom. The molecular formula is C10H24N2. The molecule has 1 N–H and O–H groups in total. The zero-order valence-corrected chi connectivity index (χ0v) is 9.06. The zero-order chi connectivity index (χ0) is 9.40. The van der Waals surface area contributed by atoms with Crippen molar-refractivity contribution in [2.75, 3.05) is 26.7 Å². The fourth-order valence-corrected chi connectivity index (χ4v) is 1.19. The van der Waals surface area contributed by atoms with Gasteiger partial charge in [-0.25, -0.2) is 0 Å². The van der Waals surface area contributed by atoms with E-state index in [4.69, 9.17) is 0 Å². The number of likely N-dealkylation sites (N-methyl/N-ethyl adjacent to an activating group) is 1. The van der Waals surface area contributed by atoms with Gasteiger partial charge in [-0.1, -0.05) is 20.3 Å². The Bertz CT molecular complexity index is 93.8. The quantitative estimate of drug-likeness (QED) is 0.629. The molecule has 2 nitrogen and oxygen atoms in total. The van der Waals surface area contributed by atoms with Crippen molar-refractivity contribution in [2.45, 2.75) is 39.7 Å². The van der Waals surface area contributed by atoms with Crippen LogP contribution in [0.2, 0.25) is 0 Å². The third kappa shape index (κ3) is 6.62. The molecule has 0 aromatic carbocycles. The molecular weight excluding hydrogens is 148 g/mol. The molecule has 0 fully saturated rings. The van der Waals surface area contributed by atoms with E-state index in [9.17, 15) is 0 Å². The molecule has 0 spiro atoms. The van der Waals surface area contributed by atoms with Gasteiger partial charge in [0, 0.05) is 19.1 Å². The molecule has 0 heterocycles. The van der Waals surface area contributed by atoms with Gasteiger partial charge in [0.2, 0.25) is 0 Å². The molecule has 0 amide bonds. The normalized spacial score (nSPS) is 13.8. The van der Waals surface area contributed by atoms with Gasteiger partial charge < -0.3 is 10.2 Å². The summed E-state index contributed by atoms with van der Waals surface area (Å²) in [7, 11) is 2.16. The molecule has 2 heteroatoms. The van der Waals surface area contributed by atoms with Crippen molar-refractivity contribution in [3.8, 4) is 0 Å². The highest BCUT2D eigenvalue weighted by Gasteiger charge is 1.99. The van der Waals surface area contributed by atoms with Crippen LogP contribution in [0.3, 0.4) is 0 Å². The third-order valence-corrected chi connectivity index (χ3v) is 2.25. The lowest BCUT2D eigenvalue weighted by atomic mass is 10.2. The van der Waals surface area contributed by atoms with Crippen LogP contribution in [0.15, 0.2) is 0 Å². The maximum atomic E-state index is 3.51. The first-order valence-corrected chi connectivity index (χ1v) is 5.12. The number of rotatable bonds is 7. The van der Waals surface area contributed by atoms with Crippen LogP contribution in [-0.2, 0) is 0 Å². The highest BCUT2D eigenvalue weighted by atomic mass is 15.1. The smallest absolute Gasteiger partial charge is 0.0104 e. The Hall–Kier alpha value is -0.0800. The summed E-state index contributed by atoms with van der Waals surface area (Å²) in [4.78, 5) is 2.33. The van der Waals surface area contributed by atoms with E-state index in [1.165, 1.54) is 12.8 Å². The van der Waals surface area contributed by atoms with Crippen LogP contribution in [-0.4, -0.2) is 37.6 Å². The zero-order valence-electron chi connectivity index (χ0n) is 9.06. The van der Waals surface area contributed by atoms with Crippen LogP contribution >= 0.6 is 0 Å². The van der Waals surface area contributed by atoms with Gasteiger partial charge in [0.05, 0.1) is 0 Å². The predicted molar refractivity (Wildman–Crippen MR) is 55.5 cm³/mol. The summed E-state index contributed by atoms with van der Waals surface area (Å²) in [6, 6.07) is 0.681. The molecule has 0 radical (unpaired) electrons. The molecule has 74 valence electrons. The van der Waals surface area contributed by atoms with E-state index in [1.54, 1.807) is 0 Å². The molecule has 12 heavy (non-hydrogen) atoms. The minimum absolute atomic E-state index is 0.681. The maximum absolute atomic E-state index is 3.51. The molecule has 0 rings (SSSR count). The van der Waals surface area contributed by atoms with Crippen molar-refractivity contribution in [2.24, 2.45) is 0 Å². The molecule has 0 aliphatic rings. The molecule has 0 saturated heterocycles. The van der Waals surface area contributed by atoms with Crippen LogP contribution < -0.4 is 5.32 Å². The fraction of sp³-hybridized carbons (Fsp3) is 1.00. The number of hydrogen-bond donors (Lipinski definition) is 1. The van der Waals surface area contributed by atoms with Gasteiger partial charge in [0.1, 0.15) is 0 Å². The molecule has 0 aliphatic carbocycles. The summed E-state index contributed by atoms with van der Waals surface area (Å²) in [6.07, 6.45) is 2.56. The second-order valence-electron chi connectivity index (χ2n) is 3.54. The first kappa shape index (κ1) is 11.9. The molecule has 0 aromatic heterocycles. The van der Waals surface area contributed by atoms with E-state index in [-0.39, 0.29) is 0 Å². The van der Waals surface area contributed by atoms with E-state index in [0.29, 0.717) is 6.04 Å². The van der Waals surface area contributed by atoms with Crippen molar-refractivity contribution >= 4 is 0 Å². The van der Waals surface area contributed by atoms with Gasteiger partial charge in [0.15, 0.2) is 0 Å².